The van der Waals surface area contributed by atoms with Gasteiger partial charge in [0.1, 0.15) is 16.5 Å². The minimum atomic E-state index is -3.36. The van der Waals surface area contributed by atoms with Gasteiger partial charge in [-0.05, 0) is 60.4 Å². The smallest absolute Gasteiger partial charge is 0.304 e. The van der Waals surface area contributed by atoms with E-state index in [4.69, 9.17) is 4.74 Å². The number of hydrogen-bond donors (Lipinski definition) is 3. The quantitative estimate of drug-likeness (QED) is 0.332. The maximum absolute atomic E-state index is 11.8. The van der Waals surface area contributed by atoms with Crippen LogP contribution in [-0.4, -0.2) is 57.1 Å². The first-order valence-corrected chi connectivity index (χ1v) is 13.4. The van der Waals surface area contributed by atoms with E-state index in [1.165, 1.54) is 0 Å². The number of aryl methyl sites for hydroxylation is 2. The van der Waals surface area contributed by atoms with Crippen molar-refractivity contribution in [1.29, 1.82) is 0 Å². The van der Waals surface area contributed by atoms with E-state index in [0.717, 1.165) is 27.8 Å². The lowest BCUT2D eigenvalue weighted by Gasteiger charge is -2.41. The van der Waals surface area contributed by atoms with Crippen molar-refractivity contribution in [3.8, 4) is 5.88 Å². The number of ether oxygens (including phenoxy) is 1. The van der Waals surface area contributed by atoms with E-state index in [0.29, 0.717) is 5.52 Å². The topological polar surface area (TPSA) is 134 Å². The summed E-state index contributed by atoms with van der Waals surface area (Å²) in [6.07, 6.45) is 1.15. The van der Waals surface area contributed by atoms with Crippen molar-refractivity contribution < 1.29 is 23.7 Å². The van der Waals surface area contributed by atoms with E-state index in [1.54, 1.807) is 27.3 Å². The highest BCUT2D eigenvalue weighted by atomic mass is 32.3. The average Bonchev–Trinajstić information content (AvgIpc) is 3.19. The van der Waals surface area contributed by atoms with Crippen LogP contribution in [0.4, 0.5) is 0 Å². The number of aliphatic carboxylic acids is 1. The predicted molar refractivity (Wildman–Crippen MR) is 140 cm³/mol. The van der Waals surface area contributed by atoms with Crippen molar-refractivity contribution in [3.63, 3.8) is 0 Å². The first kappa shape index (κ1) is 25.2. The molecule has 3 heterocycles. The highest BCUT2D eigenvalue weighted by molar-refractivity contribution is 8.22. The van der Waals surface area contributed by atoms with Gasteiger partial charge < -0.3 is 9.84 Å². The molecule has 3 N–H and O–H groups in total. The molecule has 0 aliphatic carbocycles. The molecule has 37 heavy (non-hydrogen) atoms. The number of pyridine rings is 1. The second-order valence-electron chi connectivity index (χ2n) is 9.37. The molecule has 0 bridgehead atoms. The van der Waals surface area contributed by atoms with Gasteiger partial charge in [0.15, 0.2) is 0 Å². The van der Waals surface area contributed by atoms with Crippen LogP contribution in [-0.2, 0) is 18.4 Å². The van der Waals surface area contributed by atoms with Gasteiger partial charge in [0.05, 0.1) is 18.5 Å². The Kier molecular flexibility index (Phi) is 6.63. The maximum Gasteiger partial charge on any atom is 0.304 e. The molecule has 2 atom stereocenters. The highest BCUT2D eigenvalue weighted by Crippen LogP contribution is 2.56. The lowest BCUT2D eigenvalue weighted by molar-refractivity contribution is -0.137. The van der Waals surface area contributed by atoms with E-state index in [1.807, 2.05) is 57.3 Å². The molecule has 5 rings (SSSR count). The van der Waals surface area contributed by atoms with Crippen LogP contribution in [0, 0.1) is 6.92 Å². The van der Waals surface area contributed by atoms with Gasteiger partial charge in [-0.2, -0.15) is 4.31 Å². The molecule has 0 spiro atoms. The molecule has 11 heteroatoms. The zero-order chi connectivity index (χ0) is 26.3. The Labute approximate surface area is 216 Å². The number of rotatable bonds is 6. The molecule has 4 aromatic rings. The lowest BCUT2D eigenvalue weighted by atomic mass is 9.86. The van der Waals surface area contributed by atoms with E-state index >= 15 is 0 Å². The van der Waals surface area contributed by atoms with Crippen molar-refractivity contribution in [3.05, 3.63) is 77.0 Å². The summed E-state index contributed by atoms with van der Waals surface area (Å²) >= 11 is 0. The van der Waals surface area contributed by atoms with Crippen LogP contribution in [0.25, 0.3) is 11.0 Å². The molecule has 2 aromatic carbocycles. The zero-order valence-electron chi connectivity index (χ0n) is 20.8. The Morgan fingerprint density at radius 2 is 1.95 bits per heavy atom. The third-order valence-electron chi connectivity index (χ3n) is 6.70. The fourth-order valence-electron chi connectivity index (χ4n) is 4.73. The summed E-state index contributed by atoms with van der Waals surface area (Å²) in [5, 5.41) is 17.9. The van der Waals surface area contributed by atoms with Gasteiger partial charge in [0.2, 0.25) is 5.88 Å². The number of carboxylic acids is 1. The average molecular weight is 524 g/mol. The highest BCUT2D eigenvalue weighted by Gasteiger charge is 2.35. The molecule has 0 amide bonds. The molecule has 1 aliphatic heterocycles. The Bertz CT molecular complexity index is 1470. The zero-order valence-corrected chi connectivity index (χ0v) is 21.6. The SMILES string of the molecule is Cc1ccc(C(CC(=O)O)c2ccc3c(c2)nnn3C)cc1CN1CC(C)Oc2ncccc2S1(O)O. The van der Waals surface area contributed by atoms with Crippen LogP contribution in [0.2, 0.25) is 0 Å². The van der Waals surface area contributed by atoms with Crippen molar-refractivity contribution >= 4 is 27.8 Å². The van der Waals surface area contributed by atoms with Crippen LogP contribution in [0.1, 0.15) is 41.5 Å². The lowest BCUT2D eigenvalue weighted by Crippen LogP contribution is -2.33. The number of benzene rings is 2. The van der Waals surface area contributed by atoms with Gasteiger partial charge in [-0.25, -0.2) is 9.67 Å². The summed E-state index contributed by atoms with van der Waals surface area (Å²) < 4.78 is 31.7. The van der Waals surface area contributed by atoms with E-state index in [-0.39, 0.29) is 36.4 Å². The number of aromatic nitrogens is 4. The largest absolute Gasteiger partial charge is 0.481 e. The third-order valence-corrected chi connectivity index (χ3v) is 8.60. The minimum Gasteiger partial charge on any atom is -0.481 e. The fourth-order valence-corrected chi connectivity index (χ4v) is 6.34. The summed E-state index contributed by atoms with van der Waals surface area (Å²) in [6.45, 7) is 4.34. The first-order valence-electron chi connectivity index (χ1n) is 11.9. The van der Waals surface area contributed by atoms with Gasteiger partial charge >= 0.3 is 5.97 Å². The monoisotopic (exact) mass is 523 g/mol. The fraction of sp³-hybridized carbons (Fsp3) is 0.308. The molecular weight excluding hydrogens is 494 g/mol. The summed E-state index contributed by atoms with van der Waals surface area (Å²) in [7, 11) is -1.55. The predicted octanol–water partition coefficient (Wildman–Crippen LogP) is 4.59. The van der Waals surface area contributed by atoms with Crippen molar-refractivity contribution in [2.75, 3.05) is 6.54 Å². The molecule has 10 nitrogen and oxygen atoms in total. The van der Waals surface area contributed by atoms with Crippen molar-refractivity contribution in [2.45, 2.75) is 43.7 Å². The van der Waals surface area contributed by atoms with Gasteiger partial charge in [-0.1, -0.05) is 29.5 Å². The van der Waals surface area contributed by atoms with Crippen molar-refractivity contribution in [2.24, 2.45) is 7.05 Å². The number of carboxylic acid groups (broad SMARTS) is 1. The molecular formula is C26H29N5O5S. The number of hydrogen-bond acceptors (Lipinski definition) is 8. The first-order chi connectivity index (χ1) is 17.6. The van der Waals surface area contributed by atoms with Crippen LogP contribution in [0.15, 0.2) is 59.6 Å². The van der Waals surface area contributed by atoms with Crippen LogP contribution in [0.5, 0.6) is 5.88 Å². The van der Waals surface area contributed by atoms with E-state index in [2.05, 4.69) is 15.3 Å². The normalized spacial score (nSPS) is 19.0. The summed E-state index contributed by atoms with van der Waals surface area (Å²) in [5.74, 6) is -1.10. The Balaban J connectivity index is 1.52. The van der Waals surface area contributed by atoms with Crippen LogP contribution in [0.3, 0.4) is 0 Å². The molecule has 2 unspecified atom stereocenters. The number of nitrogens with zero attached hydrogens (tertiary/aromatic N) is 5. The molecule has 0 radical (unpaired) electrons. The summed E-state index contributed by atoms with van der Waals surface area (Å²) in [6, 6.07) is 14.8. The second-order valence-corrected chi connectivity index (χ2v) is 11.4. The maximum atomic E-state index is 11.8. The minimum absolute atomic E-state index is 0.100. The van der Waals surface area contributed by atoms with Gasteiger partial charge in [0, 0.05) is 25.7 Å². The molecule has 2 aromatic heterocycles. The molecule has 0 saturated carbocycles. The standard InChI is InChI=1S/C26H29N5O5S/c1-16-6-7-18(21(13-25(32)33)19-8-9-23-22(12-19)28-29-30(23)3)11-20(16)15-31-14-17(2)36-26-24(37(31,34)35)5-4-10-27-26/h4-12,17,21,34-35H,13-15H2,1-3H3,(H,32,33). The summed E-state index contributed by atoms with van der Waals surface area (Å²) in [5.41, 5.74) is 5.03. The van der Waals surface area contributed by atoms with E-state index < -0.39 is 22.7 Å². The van der Waals surface area contributed by atoms with Crippen LogP contribution >= 0.6 is 10.8 Å². The van der Waals surface area contributed by atoms with E-state index in [9.17, 15) is 19.0 Å². The van der Waals surface area contributed by atoms with Gasteiger partial charge in [-0.15, -0.1) is 15.9 Å². The van der Waals surface area contributed by atoms with Gasteiger partial charge in [-0.3, -0.25) is 13.9 Å². The van der Waals surface area contributed by atoms with Crippen molar-refractivity contribution in [1.82, 2.24) is 24.3 Å². The molecule has 1 aliphatic rings. The number of carbonyl (C=O) groups is 1. The van der Waals surface area contributed by atoms with Crippen LogP contribution < -0.4 is 4.74 Å². The molecule has 0 saturated heterocycles. The summed E-state index contributed by atoms with van der Waals surface area (Å²) in [4.78, 5) is 16.3. The third kappa shape index (κ3) is 4.90. The second kappa shape index (κ2) is 9.75. The molecule has 0 fully saturated rings. The Hall–Kier alpha value is -3.51. The molecule has 194 valence electrons. The van der Waals surface area contributed by atoms with Gasteiger partial charge in [0.25, 0.3) is 0 Å². The number of fused-ring (bicyclic) bond motifs is 2. The Morgan fingerprint density at radius 3 is 2.73 bits per heavy atom. The Morgan fingerprint density at radius 1 is 1.19 bits per heavy atom.